The Hall–Kier alpha value is -0.590. The summed E-state index contributed by atoms with van der Waals surface area (Å²) in [5.41, 5.74) is -0.372. The first-order valence-electron chi connectivity index (χ1n) is 7.93. The lowest BCUT2D eigenvalue weighted by molar-refractivity contribution is 0.198. The Labute approximate surface area is 119 Å². The molecule has 1 N–H and O–H groups in total. The predicted octanol–water partition coefficient (Wildman–Crippen LogP) is 3.31. The molecule has 1 aliphatic carbocycles. The number of nitriles is 1. The van der Waals surface area contributed by atoms with Gasteiger partial charge < -0.3 is 4.90 Å². The maximum Gasteiger partial charge on any atom is 0.104 e. The van der Waals surface area contributed by atoms with Gasteiger partial charge in [-0.25, -0.2) is 0 Å². The van der Waals surface area contributed by atoms with Gasteiger partial charge in [0.15, 0.2) is 0 Å². The summed E-state index contributed by atoms with van der Waals surface area (Å²) in [5.74, 6) is 0. The van der Waals surface area contributed by atoms with Crippen LogP contribution in [0.4, 0.5) is 0 Å². The average molecular weight is 265 g/mol. The van der Waals surface area contributed by atoms with E-state index in [1.807, 2.05) is 6.92 Å². The number of nitrogens with zero attached hydrogens (tertiary/aromatic N) is 2. The number of hydrogen-bond donors (Lipinski definition) is 1. The van der Waals surface area contributed by atoms with Gasteiger partial charge in [0.05, 0.1) is 6.07 Å². The third kappa shape index (κ3) is 5.50. The average Bonchev–Trinajstić information content (AvgIpc) is 2.87. The summed E-state index contributed by atoms with van der Waals surface area (Å²) in [7, 11) is 0. The molecular formula is C16H31N3. The van der Waals surface area contributed by atoms with Crippen molar-refractivity contribution in [3.63, 3.8) is 0 Å². The Morgan fingerprint density at radius 2 is 2.00 bits per heavy atom. The lowest BCUT2D eigenvalue weighted by Gasteiger charge is -2.30. The Kier molecular flexibility index (Phi) is 6.82. The van der Waals surface area contributed by atoms with Crippen molar-refractivity contribution < 1.29 is 0 Å². The normalized spacial score (nSPS) is 19.8. The van der Waals surface area contributed by atoms with E-state index in [-0.39, 0.29) is 5.54 Å². The van der Waals surface area contributed by atoms with Crippen LogP contribution in [-0.2, 0) is 0 Å². The van der Waals surface area contributed by atoms with E-state index < -0.39 is 0 Å². The van der Waals surface area contributed by atoms with Crippen LogP contribution in [0.25, 0.3) is 0 Å². The van der Waals surface area contributed by atoms with Gasteiger partial charge in [-0.15, -0.1) is 0 Å². The molecule has 1 rings (SSSR count). The van der Waals surface area contributed by atoms with E-state index in [0.29, 0.717) is 6.04 Å². The summed E-state index contributed by atoms with van der Waals surface area (Å²) in [6.45, 7) is 10.8. The van der Waals surface area contributed by atoms with Gasteiger partial charge in [0.2, 0.25) is 0 Å². The van der Waals surface area contributed by atoms with Crippen LogP contribution in [0.1, 0.15) is 66.2 Å². The molecule has 1 aliphatic rings. The van der Waals surface area contributed by atoms with Gasteiger partial charge in [-0.3, -0.25) is 5.32 Å². The molecule has 0 spiro atoms. The van der Waals surface area contributed by atoms with Crippen molar-refractivity contribution in [1.82, 2.24) is 10.2 Å². The monoisotopic (exact) mass is 265 g/mol. The smallest absolute Gasteiger partial charge is 0.104 e. The van der Waals surface area contributed by atoms with Crippen molar-refractivity contribution in [2.24, 2.45) is 0 Å². The molecule has 1 atom stereocenters. The van der Waals surface area contributed by atoms with Crippen LogP contribution >= 0.6 is 0 Å². The molecule has 0 heterocycles. The summed E-state index contributed by atoms with van der Waals surface area (Å²) in [5, 5.41) is 12.7. The fourth-order valence-corrected chi connectivity index (χ4v) is 3.30. The minimum Gasteiger partial charge on any atom is -0.301 e. The fraction of sp³-hybridized carbons (Fsp3) is 0.938. The third-order valence-corrected chi connectivity index (χ3v) is 4.22. The molecule has 1 unspecified atom stereocenters. The van der Waals surface area contributed by atoms with Crippen LogP contribution in [0, 0.1) is 11.3 Å². The highest BCUT2D eigenvalue weighted by atomic mass is 15.1. The van der Waals surface area contributed by atoms with Crippen molar-refractivity contribution in [2.75, 3.05) is 13.1 Å². The molecule has 0 saturated heterocycles. The maximum absolute atomic E-state index is 9.34. The Morgan fingerprint density at radius 1 is 1.37 bits per heavy atom. The summed E-state index contributed by atoms with van der Waals surface area (Å²) < 4.78 is 0. The van der Waals surface area contributed by atoms with Crippen molar-refractivity contribution in [1.29, 1.82) is 5.26 Å². The van der Waals surface area contributed by atoms with Gasteiger partial charge in [-0.2, -0.15) is 5.26 Å². The van der Waals surface area contributed by atoms with Crippen LogP contribution in [-0.4, -0.2) is 35.6 Å². The minimum absolute atomic E-state index is 0.363. The first kappa shape index (κ1) is 16.5. The molecule has 1 saturated carbocycles. The topological polar surface area (TPSA) is 39.1 Å². The van der Waals surface area contributed by atoms with Crippen LogP contribution in [0.15, 0.2) is 0 Å². The number of rotatable bonds is 8. The van der Waals surface area contributed by atoms with Gasteiger partial charge in [-0.05, 0) is 59.5 Å². The Bertz CT molecular complexity index is 289. The molecule has 0 aromatic carbocycles. The van der Waals surface area contributed by atoms with E-state index in [4.69, 9.17) is 0 Å². The van der Waals surface area contributed by atoms with Gasteiger partial charge in [0, 0.05) is 12.1 Å². The first-order valence-corrected chi connectivity index (χ1v) is 7.93. The highest BCUT2D eigenvalue weighted by molar-refractivity contribution is 5.04. The van der Waals surface area contributed by atoms with Gasteiger partial charge in [0.25, 0.3) is 0 Å². The summed E-state index contributed by atoms with van der Waals surface area (Å²) in [4.78, 5) is 2.61. The lowest BCUT2D eigenvalue weighted by Crippen LogP contribution is -2.45. The Morgan fingerprint density at radius 3 is 2.47 bits per heavy atom. The standard InChI is InChI=1S/C16H31N3/c1-5-19(15-9-6-7-10-15)12-8-11-16(4,13-17)18-14(2)3/h14-15,18H,5-12H2,1-4H3. The van der Waals surface area contributed by atoms with Crippen LogP contribution in [0.5, 0.6) is 0 Å². The number of nitrogens with one attached hydrogen (secondary N) is 1. The molecule has 0 aliphatic heterocycles. The highest BCUT2D eigenvalue weighted by Crippen LogP contribution is 2.24. The van der Waals surface area contributed by atoms with Crippen molar-refractivity contribution in [3.05, 3.63) is 0 Å². The zero-order chi connectivity index (χ0) is 14.3. The van der Waals surface area contributed by atoms with E-state index >= 15 is 0 Å². The van der Waals surface area contributed by atoms with E-state index in [1.165, 1.54) is 25.7 Å². The quantitative estimate of drug-likeness (QED) is 0.732. The zero-order valence-electron chi connectivity index (χ0n) is 13.2. The molecule has 19 heavy (non-hydrogen) atoms. The van der Waals surface area contributed by atoms with E-state index in [0.717, 1.165) is 32.0 Å². The molecule has 0 radical (unpaired) electrons. The molecule has 0 amide bonds. The number of hydrogen-bond acceptors (Lipinski definition) is 3. The minimum atomic E-state index is -0.372. The van der Waals surface area contributed by atoms with Crippen molar-refractivity contribution >= 4 is 0 Å². The third-order valence-electron chi connectivity index (χ3n) is 4.22. The highest BCUT2D eigenvalue weighted by Gasteiger charge is 2.25. The second kappa shape index (κ2) is 7.87. The van der Waals surface area contributed by atoms with E-state index in [1.54, 1.807) is 0 Å². The molecule has 1 fully saturated rings. The van der Waals surface area contributed by atoms with Crippen LogP contribution in [0.2, 0.25) is 0 Å². The maximum atomic E-state index is 9.34. The molecule has 0 aromatic rings. The van der Waals surface area contributed by atoms with Crippen molar-refractivity contribution in [2.45, 2.75) is 83.8 Å². The fourth-order valence-electron chi connectivity index (χ4n) is 3.30. The second-order valence-corrected chi connectivity index (χ2v) is 6.41. The molecule has 3 nitrogen and oxygen atoms in total. The Balaban J connectivity index is 2.36. The SMILES string of the molecule is CCN(CCCC(C)(C#N)NC(C)C)C1CCCC1. The first-order chi connectivity index (χ1) is 9.00. The second-order valence-electron chi connectivity index (χ2n) is 6.41. The van der Waals surface area contributed by atoms with E-state index in [2.05, 4.69) is 37.1 Å². The van der Waals surface area contributed by atoms with Crippen LogP contribution < -0.4 is 5.32 Å². The van der Waals surface area contributed by atoms with Gasteiger partial charge in [-0.1, -0.05) is 19.8 Å². The lowest BCUT2D eigenvalue weighted by atomic mass is 9.96. The molecule has 110 valence electrons. The zero-order valence-corrected chi connectivity index (χ0v) is 13.2. The van der Waals surface area contributed by atoms with Crippen molar-refractivity contribution in [3.8, 4) is 6.07 Å². The van der Waals surface area contributed by atoms with Gasteiger partial charge >= 0.3 is 0 Å². The summed E-state index contributed by atoms with van der Waals surface area (Å²) in [6, 6.07) is 3.61. The molecule has 0 bridgehead atoms. The van der Waals surface area contributed by atoms with E-state index in [9.17, 15) is 5.26 Å². The molecule has 3 heteroatoms. The molecule has 0 aromatic heterocycles. The summed E-state index contributed by atoms with van der Waals surface area (Å²) in [6.07, 6.45) is 7.57. The molecular weight excluding hydrogens is 234 g/mol. The summed E-state index contributed by atoms with van der Waals surface area (Å²) >= 11 is 0. The largest absolute Gasteiger partial charge is 0.301 e. The van der Waals surface area contributed by atoms with Crippen LogP contribution in [0.3, 0.4) is 0 Å². The predicted molar refractivity (Wildman–Crippen MR) is 81.0 cm³/mol. The van der Waals surface area contributed by atoms with Gasteiger partial charge in [0.1, 0.15) is 5.54 Å².